The van der Waals surface area contributed by atoms with E-state index < -0.39 is 12.7 Å². The van der Waals surface area contributed by atoms with Crippen LogP contribution in [-0.2, 0) is 4.79 Å². The van der Waals surface area contributed by atoms with Crippen molar-refractivity contribution >= 4 is 6.29 Å². The first-order valence-electron chi connectivity index (χ1n) is 1.55. The lowest BCUT2D eigenvalue weighted by atomic mass is 10.8. The van der Waals surface area contributed by atoms with Gasteiger partial charge in [-0.25, -0.2) is 0 Å². The lowest BCUT2D eigenvalue weighted by Gasteiger charge is -1.89. The van der Waals surface area contributed by atoms with Crippen molar-refractivity contribution in [3.63, 3.8) is 0 Å². The summed E-state index contributed by atoms with van der Waals surface area (Å²) in [6, 6.07) is 0. The van der Waals surface area contributed by atoms with Crippen molar-refractivity contribution in [2.45, 2.75) is 6.10 Å². The van der Waals surface area contributed by atoms with Gasteiger partial charge in [-0.05, 0) is 0 Å². The van der Waals surface area contributed by atoms with Crippen molar-refractivity contribution in [3.05, 3.63) is 0 Å². The highest BCUT2D eigenvalue weighted by molar-refractivity contribution is 5.55. The van der Waals surface area contributed by atoms with Gasteiger partial charge < -0.3 is 15.0 Å². The van der Waals surface area contributed by atoms with Gasteiger partial charge in [0.1, 0.15) is 6.10 Å². The van der Waals surface area contributed by atoms with Gasteiger partial charge in [0.25, 0.3) is 0 Å². The van der Waals surface area contributed by atoms with E-state index in [0.717, 1.165) is 0 Å². The Morgan fingerprint density at radius 3 is 2.33 bits per heavy atom. The van der Waals surface area contributed by atoms with Crippen LogP contribution in [0.5, 0.6) is 0 Å². The minimum atomic E-state index is -1.19. The molecule has 0 heterocycles. The van der Waals surface area contributed by atoms with Gasteiger partial charge >= 0.3 is 0 Å². The molecule has 0 saturated heterocycles. The summed E-state index contributed by atoms with van der Waals surface area (Å²) in [5, 5.41) is 15.9. The van der Waals surface area contributed by atoms with Crippen molar-refractivity contribution in [2.24, 2.45) is 0 Å². The number of aldehydes is 1. The van der Waals surface area contributed by atoms with Gasteiger partial charge in [-0.15, -0.1) is 0 Å². The quantitative estimate of drug-likeness (QED) is 0.322. The van der Waals surface area contributed by atoms with Crippen LogP contribution in [0.1, 0.15) is 0 Å². The van der Waals surface area contributed by atoms with E-state index in [2.05, 4.69) is 0 Å². The molecule has 1 atom stereocenters. The fraction of sp³-hybridized carbons (Fsp3) is 0.667. The van der Waals surface area contributed by atoms with Crippen LogP contribution in [0.15, 0.2) is 0 Å². The zero-order valence-electron chi connectivity index (χ0n) is 3.16. The summed E-state index contributed by atoms with van der Waals surface area (Å²) < 4.78 is 0. The Kier molecular flexibility index (Phi) is 2.62. The third-order valence-corrected chi connectivity index (χ3v) is 0.344. The highest BCUT2D eigenvalue weighted by atomic mass is 16.4. The molecule has 0 radical (unpaired) electrons. The largest absolute Gasteiger partial charge is 0.393 e. The van der Waals surface area contributed by atoms with Gasteiger partial charge in [-0.3, -0.25) is 0 Å². The zero-order valence-corrected chi connectivity index (χ0v) is 3.16. The average Bonchev–Trinajstić information content (AvgIpc) is 1.65. The molecule has 0 rings (SSSR count). The van der Waals surface area contributed by atoms with E-state index in [-0.39, 0.29) is 6.29 Å². The molecule has 0 fully saturated rings. The van der Waals surface area contributed by atoms with Gasteiger partial charge in [-0.2, -0.15) is 0 Å². The van der Waals surface area contributed by atoms with Crippen molar-refractivity contribution in [2.75, 3.05) is 6.61 Å². The fourth-order valence-corrected chi connectivity index (χ4v) is 0.0430. The van der Waals surface area contributed by atoms with E-state index in [1.54, 1.807) is 0 Å². The second kappa shape index (κ2) is 2.81. The third-order valence-electron chi connectivity index (χ3n) is 0.344. The highest BCUT2D eigenvalue weighted by Gasteiger charge is 1.92. The zero-order chi connectivity index (χ0) is 4.99. The predicted molar refractivity (Wildman–Crippen MR) is 19.2 cm³/mol. The number of aliphatic hydroxyl groups excluding tert-OH is 2. The minimum absolute atomic E-state index is 0.278. The van der Waals surface area contributed by atoms with Crippen molar-refractivity contribution in [1.29, 1.82) is 0 Å². The molecule has 0 aromatic heterocycles. The van der Waals surface area contributed by atoms with Crippen LogP contribution in [0.2, 0.25) is 0 Å². The van der Waals surface area contributed by atoms with Crippen LogP contribution >= 0.6 is 0 Å². The number of hydrogen-bond donors (Lipinski definition) is 2. The molecule has 2 N–H and O–H groups in total. The molecule has 0 bridgehead atoms. The van der Waals surface area contributed by atoms with Gasteiger partial charge in [0.2, 0.25) is 0 Å². The number of carbonyl (C=O) groups excluding carboxylic acids is 1. The molecule has 0 aliphatic carbocycles. The molecular formula is C3H6O3. The smallest absolute Gasteiger partial charge is 0.150 e. The number of aliphatic hydroxyl groups is 2. The maximum Gasteiger partial charge on any atom is 0.150 e. The Bertz CT molecular complexity index is 43.3. The molecule has 1 unspecified atom stereocenters. The summed E-state index contributed by atoms with van der Waals surface area (Å²) in [4.78, 5) is 9.33. The normalized spacial score (nSPS) is 13.7. The van der Waals surface area contributed by atoms with Gasteiger partial charge in [-0.1, -0.05) is 0 Å². The van der Waals surface area contributed by atoms with Crippen LogP contribution in [-0.4, -0.2) is 29.2 Å². The van der Waals surface area contributed by atoms with E-state index in [1.807, 2.05) is 0 Å². The SMILES string of the molecule is O=C[13CH](O)CO. The van der Waals surface area contributed by atoms with Crippen molar-refractivity contribution in [3.8, 4) is 0 Å². The van der Waals surface area contributed by atoms with Crippen LogP contribution in [0.25, 0.3) is 0 Å². The van der Waals surface area contributed by atoms with Gasteiger partial charge in [0.05, 0.1) is 6.61 Å². The molecule has 0 aliphatic heterocycles. The Morgan fingerprint density at radius 1 is 1.83 bits per heavy atom. The van der Waals surface area contributed by atoms with Crippen molar-refractivity contribution < 1.29 is 15.0 Å². The summed E-state index contributed by atoms with van der Waals surface area (Å²) in [7, 11) is 0. The number of rotatable bonds is 2. The molecule has 0 amide bonds. The molecule has 0 aromatic carbocycles. The lowest BCUT2D eigenvalue weighted by molar-refractivity contribution is -0.116. The van der Waals surface area contributed by atoms with E-state index in [1.165, 1.54) is 0 Å². The van der Waals surface area contributed by atoms with Gasteiger partial charge in [0, 0.05) is 0 Å². The van der Waals surface area contributed by atoms with E-state index in [9.17, 15) is 4.79 Å². The van der Waals surface area contributed by atoms with Crippen LogP contribution in [0.3, 0.4) is 0 Å². The first-order chi connectivity index (χ1) is 2.81. The molecule has 36 valence electrons. The van der Waals surface area contributed by atoms with Crippen LogP contribution < -0.4 is 0 Å². The monoisotopic (exact) mass is 91.0 g/mol. The van der Waals surface area contributed by atoms with E-state index in [0.29, 0.717) is 0 Å². The van der Waals surface area contributed by atoms with E-state index in [4.69, 9.17) is 10.2 Å². The maximum absolute atomic E-state index is 9.33. The summed E-state index contributed by atoms with van der Waals surface area (Å²) in [6.45, 7) is -0.483. The third kappa shape index (κ3) is 1.87. The fourth-order valence-electron chi connectivity index (χ4n) is 0.0430. The topological polar surface area (TPSA) is 57.5 Å². The highest BCUT2D eigenvalue weighted by Crippen LogP contribution is 1.66. The van der Waals surface area contributed by atoms with E-state index >= 15 is 0 Å². The van der Waals surface area contributed by atoms with Crippen molar-refractivity contribution in [1.82, 2.24) is 0 Å². The summed E-state index contributed by atoms with van der Waals surface area (Å²) in [5.41, 5.74) is 0. The van der Waals surface area contributed by atoms with Gasteiger partial charge in [0.15, 0.2) is 6.29 Å². The Hall–Kier alpha value is -0.410. The minimum Gasteiger partial charge on any atom is -0.393 e. The molecular weight excluding hydrogens is 85.0 g/mol. The average molecular weight is 91.1 g/mol. The molecule has 3 heteroatoms. The predicted octanol–water partition coefficient (Wildman–Crippen LogP) is -1.46. The molecule has 3 nitrogen and oxygen atoms in total. The molecule has 0 saturated carbocycles. The van der Waals surface area contributed by atoms with Crippen LogP contribution in [0, 0.1) is 0 Å². The summed E-state index contributed by atoms with van der Waals surface area (Å²) >= 11 is 0. The lowest BCUT2D eigenvalue weighted by Crippen LogP contribution is -2.12. The maximum atomic E-state index is 9.33. The second-order valence-electron chi connectivity index (χ2n) is 0.886. The summed E-state index contributed by atoms with van der Waals surface area (Å²) in [5.74, 6) is 0. The Labute approximate surface area is 35.2 Å². The summed E-state index contributed by atoms with van der Waals surface area (Å²) in [6.07, 6.45) is -0.912. The Balaban J connectivity index is 2.96. The first-order valence-corrected chi connectivity index (χ1v) is 1.55. The number of hydrogen-bond acceptors (Lipinski definition) is 3. The first kappa shape index (κ1) is 5.59. The molecule has 6 heavy (non-hydrogen) atoms. The molecule has 0 aliphatic rings. The molecule has 0 spiro atoms. The second-order valence-corrected chi connectivity index (χ2v) is 0.886. The Morgan fingerprint density at radius 2 is 2.33 bits per heavy atom. The molecule has 0 aromatic rings. The number of carbonyl (C=O) groups is 1. The van der Waals surface area contributed by atoms with Crippen LogP contribution in [0.4, 0.5) is 0 Å². The standard InChI is InChI=1S/C3H6O3/c4-1-3(6)2-5/h1,3,5-6H,2H2/i3+1.